The Balaban J connectivity index is 1.66. The molecule has 1 aliphatic rings. The summed E-state index contributed by atoms with van der Waals surface area (Å²) in [5.41, 5.74) is 4.88. The predicted molar refractivity (Wildman–Crippen MR) is 100 cm³/mol. The maximum Gasteiger partial charge on any atom is 0.253 e. The van der Waals surface area contributed by atoms with Crippen molar-refractivity contribution in [2.75, 3.05) is 18.4 Å². The number of anilines is 1. The van der Waals surface area contributed by atoms with Crippen LogP contribution in [0.2, 0.25) is 0 Å². The average Bonchev–Trinajstić information content (AvgIpc) is 2.64. The Morgan fingerprint density at radius 1 is 1.12 bits per heavy atom. The number of piperidine rings is 1. The van der Waals surface area contributed by atoms with Crippen LogP contribution < -0.4 is 5.32 Å². The van der Waals surface area contributed by atoms with Gasteiger partial charge in [0, 0.05) is 35.9 Å². The normalized spacial score (nSPS) is 17.2. The second-order valence-electron chi connectivity index (χ2n) is 6.77. The Hall–Kier alpha value is -2.62. The number of amides is 1. The van der Waals surface area contributed by atoms with Crippen LogP contribution in [0.1, 0.15) is 44.7 Å². The molecule has 0 bridgehead atoms. The maximum absolute atomic E-state index is 12.7. The van der Waals surface area contributed by atoms with E-state index in [1.807, 2.05) is 4.90 Å². The van der Waals surface area contributed by atoms with Gasteiger partial charge in [0.1, 0.15) is 6.29 Å². The minimum Gasteiger partial charge on any atom is -0.381 e. The molecule has 3 rings (SSSR count). The fourth-order valence-corrected chi connectivity index (χ4v) is 3.23. The lowest BCUT2D eigenvalue weighted by atomic mass is 10.0. The highest BCUT2D eigenvalue weighted by atomic mass is 16.2. The number of nitrogens with one attached hydrogen (secondary N) is 1. The molecule has 1 saturated heterocycles. The third kappa shape index (κ3) is 4.08. The smallest absolute Gasteiger partial charge is 0.253 e. The number of benzene rings is 2. The lowest BCUT2D eigenvalue weighted by Crippen LogP contribution is -2.45. The molecule has 0 radical (unpaired) electrons. The maximum atomic E-state index is 12.7. The van der Waals surface area contributed by atoms with E-state index in [0.29, 0.717) is 17.7 Å². The molecule has 0 aliphatic carbocycles. The van der Waals surface area contributed by atoms with E-state index in [9.17, 15) is 9.59 Å². The van der Waals surface area contributed by atoms with Gasteiger partial charge in [0.15, 0.2) is 0 Å². The van der Waals surface area contributed by atoms with Gasteiger partial charge in [-0.1, -0.05) is 18.2 Å². The molecule has 1 unspecified atom stereocenters. The lowest BCUT2D eigenvalue weighted by molar-refractivity contribution is 0.0714. The van der Waals surface area contributed by atoms with Crippen LogP contribution >= 0.6 is 0 Å². The Morgan fingerprint density at radius 3 is 2.56 bits per heavy atom. The molecule has 1 fully saturated rings. The van der Waals surface area contributed by atoms with E-state index in [4.69, 9.17) is 0 Å². The number of hydrogen-bond donors (Lipinski definition) is 1. The van der Waals surface area contributed by atoms with Gasteiger partial charge in [-0.05, 0) is 62.1 Å². The summed E-state index contributed by atoms with van der Waals surface area (Å²) in [7, 11) is 0. The fraction of sp³-hybridized carbons (Fsp3) is 0.333. The summed E-state index contributed by atoms with van der Waals surface area (Å²) in [6.45, 7) is 5.69. The molecule has 4 nitrogen and oxygen atoms in total. The molecule has 1 aliphatic heterocycles. The topological polar surface area (TPSA) is 49.4 Å². The molecule has 1 heterocycles. The van der Waals surface area contributed by atoms with Crippen LogP contribution in [0.5, 0.6) is 0 Å². The van der Waals surface area contributed by atoms with E-state index in [2.05, 4.69) is 37.4 Å². The number of carbonyl (C=O) groups is 2. The molecular weight excluding hydrogens is 312 g/mol. The van der Waals surface area contributed by atoms with Crippen LogP contribution in [-0.4, -0.2) is 36.2 Å². The van der Waals surface area contributed by atoms with E-state index in [1.54, 1.807) is 24.3 Å². The van der Waals surface area contributed by atoms with Crippen LogP contribution in [0.15, 0.2) is 42.5 Å². The Kier molecular flexibility index (Phi) is 5.17. The highest BCUT2D eigenvalue weighted by molar-refractivity contribution is 5.95. The number of nitrogens with zero attached hydrogens (tertiary/aromatic N) is 1. The van der Waals surface area contributed by atoms with Gasteiger partial charge < -0.3 is 10.2 Å². The molecule has 130 valence electrons. The SMILES string of the molecule is Cc1ccc(NC2CCCN(C(=O)c3ccc(C=O)cc3)C2)cc1C. The highest BCUT2D eigenvalue weighted by Gasteiger charge is 2.24. The van der Waals surface area contributed by atoms with Gasteiger partial charge in [-0.15, -0.1) is 0 Å². The summed E-state index contributed by atoms with van der Waals surface area (Å²) in [5.74, 6) is 0.0315. The Labute approximate surface area is 148 Å². The molecule has 4 heteroatoms. The monoisotopic (exact) mass is 336 g/mol. The quantitative estimate of drug-likeness (QED) is 0.863. The van der Waals surface area contributed by atoms with Crippen LogP contribution in [0.4, 0.5) is 5.69 Å². The number of likely N-dealkylation sites (tertiary alicyclic amines) is 1. The summed E-state index contributed by atoms with van der Waals surface area (Å²) >= 11 is 0. The lowest BCUT2D eigenvalue weighted by Gasteiger charge is -2.34. The van der Waals surface area contributed by atoms with Crippen LogP contribution in [-0.2, 0) is 0 Å². The average molecular weight is 336 g/mol. The van der Waals surface area contributed by atoms with Crippen molar-refractivity contribution in [1.82, 2.24) is 4.90 Å². The van der Waals surface area contributed by atoms with Gasteiger partial charge in [-0.3, -0.25) is 9.59 Å². The Morgan fingerprint density at radius 2 is 1.88 bits per heavy atom. The first-order valence-corrected chi connectivity index (χ1v) is 8.75. The molecule has 1 atom stereocenters. The zero-order chi connectivity index (χ0) is 17.8. The van der Waals surface area contributed by atoms with Gasteiger partial charge in [0.05, 0.1) is 0 Å². The predicted octanol–water partition coefficient (Wildman–Crippen LogP) is 3.83. The minimum atomic E-state index is 0.0315. The molecule has 2 aromatic rings. The van der Waals surface area contributed by atoms with Crippen molar-refractivity contribution in [3.8, 4) is 0 Å². The number of hydrogen-bond acceptors (Lipinski definition) is 3. The van der Waals surface area contributed by atoms with Gasteiger partial charge in [0.25, 0.3) is 5.91 Å². The van der Waals surface area contributed by atoms with Crippen molar-refractivity contribution in [1.29, 1.82) is 0 Å². The highest BCUT2D eigenvalue weighted by Crippen LogP contribution is 2.20. The molecule has 25 heavy (non-hydrogen) atoms. The van der Waals surface area contributed by atoms with Gasteiger partial charge in [0.2, 0.25) is 0 Å². The second kappa shape index (κ2) is 7.51. The molecular formula is C21H24N2O2. The molecule has 0 saturated carbocycles. The first kappa shape index (κ1) is 17.2. The Bertz CT molecular complexity index is 768. The van der Waals surface area contributed by atoms with Crippen molar-refractivity contribution in [3.63, 3.8) is 0 Å². The van der Waals surface area contributed by atoms with Crippen LogP contribution in [0.25, 0.3) is 0 Å². The second-order valence-corrected chi connectivity index (χ2v) is 6.77. The number of rotatable bonds is 4. The summed E-state index contributed by atoms with van der Waals surface area (Å²) < 4.78 is 0. The van der Waals surface area contributed by atoms with Crippen LogP contribution in [0, 0.1) is 13.8 Å². The largest absolute Gasteiger partial charge is 0.381 e. The van der Waals surface area contributed by atoms with Gasteiger partial charge >= 0.3 is 0 Å². The summed E-state index contributed by atoms with van der Waals surface area (Å²) in [6, 6.07) is 13.5. The zero-order valence-corrected chi connectivity index (χ0v) is 14.8. The van der Waals surface area contributed by atoms with E-state index >= 15 is 0 Å². The zero-order valence-electron chi connectivity index (χ0n) is 14.8. The summed E-state index contributed by atoms with van der Waals surface area (Å²) in [4.78, 5) is 25.4. The van der Waals surface area contributed by atoms with Crippen molar-refractivity contribution >= 4 is 17.9 Å². The van der Waals surface area contributed by atoms with E-state index in [1.165, 1.54) is 11.1 Å². The third-order valence-electron chi connectivity index (χ3n) is 4.88. The van der Waals surface area contributed by atoms with Crippen molar-refractivity contribution < 1.29 is 9.59 Å². The third-order valence-corrected chi connectivity index (χ3v) is 4.88. The van der Waals surface area contributed by atoms with E-state index < -0.39 is 0 Å². The minimum absolute atomic E-state index is 0.0315. The molecule has 0 aromatic heterocycles. The summed E-state index contributed by atoms with van der Waals surface area (Å²) in [6.07, 6.45) is 2.83. The first-order valence-electron chi connectivity index (χ1n) is 8.75. The standard InChI is InChI=1S/C21H24N2O2/c1-15-5-10-19(12-16(15)2)22-20-4-3-11-23(13-20)21(25)18-8-6-17(14-24)7-9-18/h5-10,12,14,20,22H,3-4,11,13H2,1-2H3. The van der Waals surface area contributed by atoms with Crippen molar-refractivity contribution in [2.24, 2.45) is 0 Å². The van der Waals surface area contributed by atoms with Crippen molar-refractivity contribution in [2.45, 2.75) is 32.7 Å². The molecule has 0 spiro atoms. The van der Waals surface area contributed by atoms with Crippen LogP contribution in [0.3, 0.4) is 0 Å². The van der Waals surface area contributed by atoms with E-state index in [0.717, 1.165) is 31.4 Å². The van der Waals surface area contributed by atoms with Gasteiger partial charge in [-0.25, -0.2) is 0 Å². The van der Waals surface area contributed by atoms with Crippen molar-refractivity contribution in [3.05, 3.63) is 64.7 Å². The summed E-state index contributed by atoms with van der Waals surface area (Å²) in [5, 5.41) is 3.56. The number of carbonyl (C=O) groups excluding carboxylic acids is 2. The molecule has 2 aromatic carbocycles. The van der Waals surface area contributed by atoms with E-state index in [-0.39, 0.29) is 11.9 Å². The fourth-order valence-electron chi connectivity index (χ4n) is 3.23. The molecule has 1 N–H and O–H groups in total. The van der Waals surface area contributed by atoms with Gasteiger partial charge in [-0.2, -0.15) is 0 Å². The number of aryl methyl sites for hydroxylation is 2. The number of aldehydes is 1. The molecule has 1 amide bonds. The first-order chi connectivity index (χ1) is 12.1.